The average Bonchev–Trinajstić information content (AvgIpc) is 2.94. The van der Waals surface area contributed by atoms with Crippen LogP contribution in [0.4, 0.5) is 24.5 Å². The highest BCUT2D eigenvalue weighted by Crippen LogP contribution is 2.33. The summed E-state index contributed by atoms with van der Waals surface area (Å²) in [5, 5.41) is 5.43. The molecule has 142 valence electrons. The number of anilines is 2. The molecule has 27 heavy (non-hydrogen) atoms. The summed E-state index contributed by atoms with van der Waals surface area (Å²) >= 11 is 0. The van der Waals surface area contributed by atoms with E-state index in [0.29, 0.717) is 16.7 Å². The van der Waals surface area contributed by atoms with Gasteiger partial charge in [-0.2, -0.15) is 13.2 Å². The van der Waals surface area contributed by atoms with E-state index in [4.69, 9.17) is 0 Å². The van der Waals surface area contributed by atoms with Gasteiger partial charge in [-0.1, -0.05) is 6.07 Å². The van der Waals surface area contributed by atoms with Crippen LogP contribution in [-0.2, 0) is 11.0 Å². The summed E-state index contributed by atoms with van der Waals surface area (Å²) in [5.74, 6) is -0.429. The molecule has 0 saturated heterocycles. The smallest absolute Gasteiger partial charge is 0.374 e. The Bertz CT molecular complexity index is 1050. The van der Waals surface area contributed by atoms with E-state index in [1.54, 1.807) is 25.1 Å². The fraction of sp³-hybridized carbons (Fsp3) is 0.222. The highest BCUT2D eigenvalue weighted by molar-refractivity contribution is 5.97. The molecule has 1 aromatic heterocycles. The summed E-state index contributed by atoms with van der Waals surface area (Å²) in [4.78, 5) is 28.8. The van der Waals surface area contributed by atoms with Crippen molar-refractivity contribution in [3.8, 4) is 0 Å². The number of nitrogens with one attached hydrogen (secondary N) is 4. The number of amides is 1. The number of aromatic amines is 2. The van der Waals surface area contributed by atoms with Gasteiger partial charge in [-0.05, 0) is 49.7 Å². The van der Waals surface area contributed by atoms with Gasteiger partial charge in [0.15, 0.2) is 0 Å². The monoisotopic (exact) mass is 378 g/mol. The van der Waals surface area contributed by atoms with E-state index in [1.807, 2.05) is 0 Å². The van der Waals surface area contributed by atoms with E-state index < -0.39 is 23.7 Å². The minimum Gasteiger partial charge on any atom is -0.374 e. The van der Waals surface area contributed by atoms with E-state index in [2.05, 4.69) is 20.6 Å². The van der Waals surface area contributed by atoms with Crippen molar-refractivity contribution >= 4 is 28.3 Å². The zero-order valence-corrected chi connectivity index (χ0v) is 14.5. The van der Waals surface area contributed by atoms with Crippen LogP contribution in [0.15, 0.2) is 41.2 Å². The number of H-pyrrole nitrogens is 2. The Morgan fingerprint density at radius 1 is 1.04 bits per heavy atom. The molecule has 1 atom stereocenters. The Morgan fingerprint density at radius 2 is 1.70 bits per heavy atom. The maximum Gasteiger partial charge on any atom is 0.416 e. The van der Waals surface area contributed by atoms with E-state index in [1.165, 1.54) is 19.1 Å². The van der Waals surface area contributed by atoms with Crippen LogP contribution in [0.3, 0.4) is 0 Å². The van der Waals surface area contributed by atoms with Gasteiger partial charge >= 0.3 is 11.9 Å². The number of aryl methyl sites for hydroxylation is 1. The number of aromatic nitrogens is 2. The van der Waals surface area contributed by atoms with Crippen LogP contribution < -0.4 is 16.3 Å². The van der Waals surface area contributed by atoms with Gasteiger partial charge in [0.1, 0.15) is 6.04 Å². The first kappa shape index (κ1) is 18.6. The molecule has 0 aliphatic rings. The molecule has 4 N–H and O–H groups in total. The third kappa shape index (κ3) is 4.13. The van der Waals surface area contributed by atoms with Crippen LogP contribution in [0.2, 0.25) is 0 Å². The molecular formula is C18H17F3N4O2. The SMILES string of the molecule is Cc1ccc(N[C@H](C)C(=O)Nc2ccc3[nH]c(=O)[nH]c3c2)cc1C(F)(F)F. The minimum atomic E-state index is -4.46. The Balaban J connectivity index is 1.72. The normalized spacial score (nSPS) is 12.8. The maximum absolute atomic E-state index is 13.0. The molecule has 1 heterocycles. The third-order valence-corrected chi connectivity index (χ3v) is 4.10. The number of halogens is 3. The molecule has 0 aliphatic heterocycles. The van der Waals surface area contributed by atoms with Crippen LogP contribution in [0.1, 0.15) is 18.1 Å². The second kappa shape index (κ2) is 6.82. The highest BCUT2D eigenvalue weighted by Gasteiger charge is 2.32. The molecule has 0 aliphatic carbocycles. The molecule has 0 radical (unpaired) electrons. The van der Waals surface area contributed by atoms with E-state index in [-0.39, 0.29) is 16.9 Å². The maximum atomic E-state index is 13.0. The minimum absolute atomic E-state index is 0.110. The van der Waals surface area contributed by atoms with E-state index in [9.17, 15) is 22.8 Å². The molecule has 0 spiro atoms. The molecule has 6 nitrogen and oxygen atoms in total. The summed E-state index contributed by atoms with van der Waals surface area (Å²) in [6, 6.07) is 7.88. The largest absolute Gasteiger partial charge is 0.416 e. The summed E-state index contributed by atoms with van der Waals surface area (Å²) in [6.07, 6.45) is -4.46. The number of carbonyl (C=O) groups is 1. The predicted octanol–water partition coefficient (Wildman–Crippen LogP) is 3.62. The van der Waals surface area contributed by atoms with Gasteiger partial charge in [0, 0.05) is 11.4 Å². The molecule has 0 unspecified atom stereocenters. The lowest BCUT2D eigenvalue weighted by molar-refractivity contribution is -0.138. The second-order valence-electron chi connectivity index (χ2n) is 6.22. The number of alkyl halides is 3. The Kier molecular flexibility index (Phi) is 4.69. The zero-order chi connectivity index (χ0) is 19.8. The Labute approximate surface area is 151 Å². The average molecular weight is 378 g/mol. The van der Waals surface area contributed by atoms with Crippen molar-refractivity contribution in [1.29, 1.82) is 0 Å². The first-order chi connectivity index (χ1) is 12.6. The fourth-order valence-electron chi connectivity index (χ4n) is 2.69. The molecule has 2 aromatic carbocycles. The number of carbonyl (C=O) groups excluding carboxylic acids is 1. The fourth-order valence-corrected chi connectivity index (χ4v) is 2.69. The molecule has 0 fully saturated rings. The summed E-state index contributed by atoms with van der Waals surface area (Å²) in [6.45, 7) is 2.92. The first-order valence-corrected chi connectivity index (χ1v) is 8.11. The molecule has 3 rings (SSSR count). The van der Waals surface area contributed by atoms with Crippen LogP contribution in [0.25, 0.3) is 11.0 Å². The lowest BCUT2D eigenvalue weighted by Crippen LogP contribution is -2.32. The molecule has 1 amide bonds. The summed E-state index contributed by atoms with van der Waals surface area (Å²) in [7, 11) is 0. The van der Waals surface area contributed by atoms with Gasteiger partial charge in [0.05, 0.1) is 16.6 Å². The van der Waals surface area contributed by atoms with Crippen molar-refractivity contribution in [2.45, 2.75) is 26.1 Å². The Hall–Kier alpha value is -3.23. The van der Waals surface area contributed by atoms with Gasteiger partial charge in [0.2, 0.25) is 5.91 Å². The molecular weight excluding hydrogens is 361 g/mol. The van der Waals surface area contributed by atoms with Gasteiger partial charge in [-0.25, -0.2) is 4.79 Å². The van der Waals surface area contributed by atoms with Crippen molar-refractivity contribution in [1.82, 2.24) is 9.97 Å². The summed E-state index contributed by atoms with van der Waals surface area (Å²) in [5.41, 5.74) is 0.789. The zero-order valence-electron chi connectivity index (χ0n) is 14.5. The van der Waals surface area contributed by atoms with Crippen LogP contribution in [-0.4, -0.2) is 21.9 Å². The highest BCUT2D eigenvalue weighted by atomic mass is 19.4. The number of fused-ring (bicyclic) bond motifs is 1. The van der Waals surface area contributed by atoms with Crippen molar-refractivity contribution in [3.63, 3.8) is 0 Å². The number of benzene rings is 2. The van der Waals surface area contributed by atoms with Crippen molar-refractivity contribution in [3.05, 3.63) is 58.0 Å². The summed E-state index contributed by atoms with van der Waals surface area (Å²) < 4.78 is 39.0. The quantitative estimate of drug-likeness (QED) is 0.559. The number of imidazole rings is 1. The molecule has 0 saturated carbocycles. The van der Waals surface area contributed by atoms with E-state index in [0.717, 1.165) is 6.07 Å². The van der Waals surface area contributed by atoms with Gasteiger partial charge < -0.3 is 20.6 Å². The topological polar surface area (TPSA) is 89.8 Å². The predicted molar refractivity (Wildman–Crippen MR) is 96.8 cm³/mol. The van der Waals surface area contributed by atoms with Crippen molar-refractivity contribution in [2.75, 3.05) is 10.6 Å². The molecule has 0 bridgehead atoms. The van der Waals surface area contributed by atoms with Crippen molar-refractivity contribution < 1.29 is 18.0 Å². The van der Waals surface area contributed by atoms with Crippen LogP contribution in [0, 0.1) is 6.92 Å². The van der Waals surface area contributed by atoms with Gasteiger partial charge in [0.25, 0.3) is 0 Å². The second-order valence-corrected chi connectivity index (χ2v) is 6.22. The number of hydrogen-bond donors (Lipinski definition) is 4. The van der Waals surface area contributed by atoms with Crippen molar-refractivity contribution in [2.24, 2.45) is 0 Å². The molecule has 3 aromatic rings. The van der Waals surface area contributed by atoms with E-state index >= 15 is 0 Å². The number of hydrogen-bond acceptors (Lipinski definition) is 3. The lowest BCUT2D eigenvalue weighted by atomic mass is 10.1. The lowest BCUT2D eigenvalue weighted by Gasteiger charge is -2.17. The molecule has 9 heteroatoms. The standard InChI is InChI=1S/C18H17F3N4O2/c1-9-3-4-11(7-13(9)18(19,20)21)22-10(2)16(26)23-12-5-6-14-15(8-12)25-17(27)24-14/h3-8,10,22H,1-2H3,(H,23,26)(H2,24,25,27)/t10-/m1/s1. The Morgan fingerprint density at radius 3 is 2.41 bits per heavy atom. The number of rotatable bonds is 4. The third-order valence-electron chi connectivity index (χ3n) is 4.10. The first-order valence-electron chi connectivity index (χ1n) is 8.11. The van der Waals surface area contributed by atoms with Crippen LogP contribution in [0.5, 0.6) is 0 Å². The van der Waals surface area contributed by atoms with Gasteiger partial charge in [-0.15, -0.1) is 0 Å². The van der Waals surface area contributed by atoms with Gasteiger partial charge in [-0.3, -0.25) is 4.79 Å². The van der Waals surface area contributed by atoms with Crippen LogP contribution >= 0.6 is 0 Å².